The van der Waals surface area contributed by atoms with Gasteiger partial charge in [0.15, 0.2) is 0 Å². The first-order chi connectivity index (χ1) is 9.20. The quantitative estimate of drug-likeness (QED) is 0.893. The van der Waals surface area contributed by atoms with Crippen LogP contribution in [0.25, 0.3) is 0 Å². The average molecular weight is 257 g/mol. The number of nitrogens with two attached hydrogens (primary N) is 1. The van der Waals surface area contributed by atoms with E-state index in [1.807, 2.05) is 30.3 Å². The van der Waals surface area contributed by atoms with E-state index in [9.17, 15) is 0 Å². The summed E-state index contributed by atoms with van der Waals surface area (Å²) in [6.45, 7) is 1.57. The summed E-state index contributed by atoms with van der Waals surface area (Å²) in [5.41, 5.74) is 8.06. The van der Waals surface area contributed by atoms with Crippen LogP contribution in [-0.4, -0.2) is 24.0 Å². The molecule has 0 amide bonds. The van der Waals surface area contributed by atoms with Gasteiger partial charge >= 0.3 is 0 Å². The second-order valence-electron chi connectivity index (χ2n) is 4.53. The lowest BCUT2D eigenvalue weighted by Crippen LogP contribution is -2.18. The number of rotatable bonds is 5. The second-order valence-corrected chi connectivity index (χ2v) is 4.53. The molecular weight excluding hydrogens is 238 g/mol. The van der Waals surface area contributed by atoms with E-state index in [1.54, 1.807) is 13.3 Å². The second kappa shape index (κ2) is 6.20. The zero-order chi connectivity index (χ0) is 13.7. The molecule has 0 aliphatic carbocycles. The van der Waals surface area contributed by atoms with E-state index < -0.39 is 0 Å². The van der Waals surface area contributed by atoms with Gasteiger partial charge in [-0.05, 0) is 19.2 Å². The van der Waals surface area contributed by atoms with E-state index in [-0.39, 0.29) is 0 Å². The van der Waals surface area contributed by atoms with Crippen molar-refractivity contribution in [3.05, 3.63) is 53.7 Å². The monoisotopic (exact) mass is 257 g/mol. The predicted molar refractivity (Wildman–Crippen MR) is 76.8 cm³/mol. The molecule has 0 atom stereocenters. The predicted octanol–water partition coefficient (Wildman–Crippen LogP) is 2.30. The largest absolute Gasteiger partial charge is 0.496 e. The summed E-state index contributed by atoms with van der Waals surface area (Å²) in [5.74, 6) is 1.50. The van der Waals surface area contributed by atoms with Gasteiger partial charge in [-0.25, -0.2) is 4.98 Å². The number of para-hydroxylation sites is 1. The first-order valence-electron chi connectivity index (χ1n) is 6.20. The summed E-state index contributed by atoms with van der Waals surface area (Å²) < 4.78 is 5.36. The van der Waals surface area contributed by atoms with Crippen LogP contribution in [0, 0.1) is 0 Å². The van der Waals surface area contributed by atoms with Crippen LogP contribution >= 0.6 is 0 Å². The summed E-state index contributed by atoms with van der Waals surface area (Å²) in [6.07, 6.45) is 1.71. The minimum Gasteiger partial charge on any atom is -0.496 e. The van der Waals surface area contributed by atoms with Gasteiger partial charge in [0.25, 0.3) is 0 Å². The fraction of sp³-hybridized carbons (Fsp3) is 0.267. The van der Waals surface area contributed by atoms with Gasteiger partial charge in [-0.3, -0.25) is 4.90 Å². The van der Waals surface area contributed by atoms with Crippen LogP contribution in [-0.2, 0) is 13.1 Å². The normalized spacial score (nSPS) is 10.7. The molecule has 0 saturated carbocycles. The lowest BCUT2D eigenvalue weighted by atomic mass is 10.1. The molecule has 2 N–H and O–H groups in total. The SMILES string of the molecule is COc1ccccc1CN(C)Cc1cccnc1N. The topological polar surface area (TPSA) is 51.4 Å². The molecule has 2 rings (SSSR count). The molecule has 1 aromatic carbocycles. The Kier molecular flexibility index (Phi) is 4.36. The number of ether oxygens (including phenoxy) is 1. The van der Waals surface area contributed by atoms with Gasteiger partial charge < -0.3 is 10.5 Å². The van der Waals surface area contributed by atoms with Crippen LogP contribution in [0.2, 0.25) is 0 Å². The van der Waals surface area contributed by atoms with E-state index in [0.29, 0.717) is 5.82 Å². The molecule has 0 spiro atoms. The number of pyridine rings is 1. The van der Waals surface area contributed by atoms with Gasteiger partial charge in [-0.2, -0.15) is 0 Å². The molecule has 100 valence electrons. The zero-order valence-electron chi connectivity index (χ0n) is 11.3. The molecule has 1 heterocycles. The average Bonchev–Trinajstić information content (AvgIpc) is 2.42. The summed E-state index contributed by atoms with van der Waals surface area (Å²) in [6, 6.07) is 11.9. The standard InChI is InChI=1S/C15H19N3O/c1-18(11-13-7-5-9-17-15(13)16)10-12-6-3-4-8-14(12)19-2/h3-9H,10-11H2,1-2H3,(H2,16,17). The van der Waals surface area contributed by atoms with E-state index in [0.717, 1.165) is 30.0 Å². The summed E-state index contributed by atoms with van der Waals surface area (Å²) in [7, 11) is 3.75. The first-order valence-corrected chi connectivity index (χ1v) is 6.20. The minimum atomic E-state index is 0.592. The Morgan fingerprint density at radius 3 is 2.53 bits per heavy atom. The Morgan fingerprint density at radius 2 is 1.79 bits per heavy atom. The van der Waals surface area contributed by atoms with Crippen molar-refractivity contribution >= 4 is 5.82 Å². The van der Waals surface area contributed by atoms with Gasteiger partial charge in [-0.15, -0.1) is 0 Å². The fourth-order valence-corrected chi connectivity index (χ4v) is 2.06. The van der Waals surface area contributed by atoms with Crippen molar-refractivity contribution in [3.63, 3.8) is 0 Å². The Hall–Kier alpha value is -2.07. The van der Waals surface area contributed by atoms with Crippen LogP contribution in [0.15, 0.2) is 42.6 Å². The third-order valence-electron chi connectivity index (χ3n) is 3.00. The van der Waals surface area contributed by atoms with Crippen molar-refractivity contribution in [1.29, 1.82) is 0 Å². The molecule has 0 unspecified atom stereocenters. The molecule has 1 aromatic heterocycles. The molecule has 4 heteroatoms. The Balaban J connectivity index is 2.05. The van der Waals surface area contributed by atoms with Gasteiger partial charge in [-0.1, -0.05) is 24.3 Å². The van der Waals surface area contributed by atoms with Crippen LogP contribution < -0.4 is 10.5 Å². The number of hydrogen-bond donors (Lipinski definition) is 1. The van der Waals surface area contributed by atoms with E-state index in [4.69, 9.17) is 10.5 Å². The third kappa shape index (κ3) is 3.45. The molecule has 19 heavy (non-hydrogen) atoms. The first kappa shape index (κ1) is 13.4. The highest BCUT2D eigenvalue weighted by atomic mass is 16.5. The van der Waals surface area contributed by atoms with Crippen molar-refractivity contribution in [2.24, 2.45) is 0 Å². The van der Waals surface area contributed by atoms with Crippen molar-refractivity contribution in [3.8, 4) is 5.75 Å². The summed E-state index contributed by atoms with van der Waals surface area (Å²) in [5, 5.41) is 0. The van der Waals surface area contributed by atoms with E-state index >= 15 is 0 Å². The lowest BCUT2D eigenvalue weighted by Gasteiger charge is -2.19. The minimum absolute atomic E-state index is 0.592. The highest BCUT2D eigenvalue weighted by molar-refractivity contribution is 5.38. The molecule has 0 bridgehead atoms. The van der Waals surface area contributed by atoms with Crippen molar-refractivity contribution < 1.29 is 4.74 Å². The highest BCUT2D eigenvalue weighted by Gasteiger charge is 2.08. The van der Waals surface area contributed by atoms with Gasteiger partial charge in [0.1, 0.15) is 11.6 Å². The maximum atomic E-state index is 5.86. The number of benzene rings is 1. The Bertz CT molecular complexity index is 542. The van der Waals surface area contributed by atoms with Crippen molar-refractivity contribution in [2.45, 2.75) is 13.1 Å². The number of nitrogens with zero attached hydrogens (tertiary/aromatic N) is 2. The van der Waals surface area contributed by atoms with Gasteiger partial charge in [0, 0.05) is 30.4 Å². The highest BCUT2D eigenvalue weighted by Crippen LogP contribution is 2.20. The lowest BCUT2D eigenvalue weighted by molar-refractivity contribution is 0.310. The summed E-state index contributed by atoms with van der Waals surface area (Å²) >= 11 is 0. The molecule has 0 radical (unpaired) electrons. The van der Waals surface area contributed by atoms with Crippen LogP contribution in [0.4, 0.5) is 5.82 Å². The molecule has 4 nitrogen and oxygen atoms in total. The number of aromatic nitrogens is 1. The van der Waals surface area contributed by atoms with E-state index in [1.165, 1.54) is 0 Å². The third-order valence-corrected chi connectivity index (χ3v) is 3.00. The van der Waals surface area contributed by atoms with Crippen LogP contribution in [0.3, 0.4) is 0 Å². The number of methoxy groups -OCH3 is 1. The van der Waals surface area contributed by atoms with Crippen molar-refractivity contribution in [2.75, 3.05) is 19.9 Å². The molecule has 2 aromatic rings. The number of nitrogen functional groups attached to an aromatic ring is 1. The molecule has 0 saturated heterocycles. The number of anilines is 1. The maximum Gasteiger partial charge on any atom is 0.127 e. The molecule has 0 aliphatic rings. The smallest absolute Gasteiger partial charge is 0.127 e. The van der Waals surface area contributed by atoms with Crippen molar-refractivity contribution in [1.82, 2.24) is 9.88 Å². The Morgan fingerprint density at radius 1 is 1.11 bits per heavy atom. The van der Waals surface area contributed by atoms with Gasteiger partial charge in [0.05, 0.1) is 7.11 Å². The molecule has 0 aliphatic heterocycles. The molecule has 0 fully saturated rings. The van der Waals surface area contributed by atoms with E-state index in [2.05, 4.69) is 23.0 Å². The maximum absolute atomic E-state index is 5.86. The summed E-state index contributed by atoms with van der Waals surface area (Å²) in [4.78, 5) is 6.29. The van der Waals surface area contributed by atoms with Crippen LogP contribution in [0.5, 0.6) is 5.75 Å². The zero-order valence-corrected chi connectivity index (χ0v) is 11.3. The van der Waals surface area contributed by atoms with Crippen LogP contribution in [0.1, 0.15) is 11.1 Å². The fourth-order valence-electron chi connectivity index (χ4n) is 2.06. The number of hydrogen-bond acceptors (Lipinski definition) is 4. The Labute approximate surface area is 113 Å². The van der Waals surface area contributed by atoms with Gasteiger partial charge in [0.2, 0.25) is 0 Å². The molecular formula is C15H19N3O.